The monoisotopic (exact) mass is 385 g/mol. The molecule has 0 aliphatic heterocycles. The Balaban J connectivity index is 2.07. The lowest BCUT2D eigenvalue weighted by atomic mass is 9.80. The van der Waals surface area contributed by atoms with E-state index in [-0.39, 0.29) is 10.8 Å². The van der Waals surface area contributed by atoms with E-state index in [0.29, 0.717) is 31.3 Å². The highest BCUT2D eigenvalue weighted by molar-refractivity contribution is 5.44. The highest BCUT2D eigenvalue weighted by Crippen LogP contribution is 2.35. The van der Waals surface area contributed by atoms with Gasteiger partial charge >= 0.3 is 0 Å². The van der Waals surface area contributed by atoms with Crippen LogP contribution in [0.5, 0.6) is 17.2 Å². The normalized spacial score (nSPS) is 12.0. The van der Waals surface area contributed by atoms with Crippen molar-refractivity contribution in [2.75, 3.05) is 20.3 Å². The minimum atomic E-state index is -0.00126. The number of hydrogen-bond acceptors (Lipinski definition) is 4. The molecule has 0 saturated heterocycles. The molecule has 4 nitrogen and oxygen atoms in total. The quantitative estimate of drug-likeness (QED) is 0.665. The van der Waals surface area contributed by atoms with Crippen LogP contribution in [0.1, 0.15) is 58.2 Å². The third kappa shape index (κ3) is 5.65. The van der Waals surface area contributed by atoms with Crippen LogP contribution in [0, 0.1) is 0 Å². The molecule has 0 heterocycles. The van der Waals surface area contributed by atoms with Gasteiger partial charge in [-0.2, -0.15) is 0 Å². The molecular weight excluding hydrogens is 350 g/mol. The first-order valence-electron chi connectivity index (χ1n) is 9.84. The molecule has 0 atom stereocenters. The lowest BCUT2D eigenvalue weighted by Crippen LogP contribution is -2.19. The standard InChI is InChI=1S/C24H35NO3/c1-23(2,3)18-9-11-20(19(15-18)24(4,5)6)27-12-13-28-21-10-8-17(16-25)14-22(21)26-7/h8-11,14-15H,12-13,16,25H2,1-7H3. The van der Waals surface area contributed by atoms with Crippen LogP contribution in [-0.4, -0.2) is 20.3 Å². The Hall–Kier alpha value is -2.20. The van der Waals surface area contributed by atoms with E-state index in [1.54, 1.807) is 7.11 Å². The summed E-state index contributed by atoms with van der Waals surface area (Å²) in [4.78, 5) is 0. The predicted octanol–water partition coefficient (Wildman–Crippen LogP) is 5.21. The van der Waals surface area contributed by atoms with Crippen LogP contribution in [0.3, 0.4) is 0 Å². The average molecular weight is 386 g/mol. The van der Waals surface area contributed by atoms with Crippen molar-refractivity contribution >= 4 is 0 Å². The number of hydrogen-bond donors (Lipinski definition) is 1. The second-order valence-corrected chi connectivity index (χ2v) is 9.10. The molecule has 0 radical (unpaired) electrons. The van der Waals surface area contributed by atoms with Gasteiger partial charge in [0.05, 0.1) is 7.11 Å². The van der Waals surface area contributed by atoms with E-state index in [0.717, 1.165) is 11.3 Å². The lowest BCUT2D eigenvalue weighted by Gasteiger charge is -2.27. The lowest BCUT2D eigenvalue weighted by molar-refractivity contribution is 0.208. The number of methoxy groups -OCH3 is 1. The van der Waals surface area contributed by atoms with E-state index < -0.39 is 0 Å². The highest BCUT2D eigenvalue weighted by atomic mass is 16.5. The van der Waals surface area contributed by atoms with Gasteiger partial charge in [-0.25, -0.2) is 0 Å². The molecule has 0 aliphatic rings. The topological polar surface area (TPSA) is 53.7 Å². The van der Waals surface area contributed by atoms with E-state index in [2.05, 4.69) is 59.7 Å². The van der Waals surface area contributed by atoms with Crippen molar-refractivity contribution in [3.8, 4) is 17.2 Å². The molecule has 0 bridgehead atoms. The number of rotatable bonds is 7. The molecule has 28 heavy (non-hydrogen) atoms. The molecule has 0 amide bonds. The van der Waals surface area contributed by atoms with Gasteiger partial charge in [-0.05, 0) is 45.7 Å². The molecule has 0 saturated carbocycles. The Kier molecular flexibility index (Phi) is 7.00. The Labute approximate surface area is 170 Å². The zero-order valence-corrected chi connectivity index (χ0v) is 18.4. The molecular formula is C24H35NO3. The molecule has 2 aromatic rings. The van der Waals surface area contributed by atoms with Gasteiger partial charge in [-0.3, -0.25) is 0 Å². The smallest absolute Gasteiger partial charge is 0.161 e. The molecule has 2 rings (SSSR count). The number of ether oxygens (including phenoxy) is 3. The van der Waals surface area contributed by atoms with E-state index in [1.807, 2.05) is 18.2 Å². The molecule has 0 aliphatic carbocycles. The van der Waals surface area contributed by atoms with E-state index in [4.69, 9.17) is 19.9 Å². The van der Waals surface area contributed by atoms with Gasteiger partial charge in [0.15, 0.2) is 11.5 Å². The SMILES string of the molecule is COc1cc(CN)ccc1OCCOc1ccc(C(C)(C)C)cc1C(C)(C)C. The first-order chi connectivity index (χ1) is 13.1. The second kappa shape index (κ2) is 8.87. The summed E-state index contributed by atoms with van der Waals surface area (Å²) in [7, 11) is 1.63. The molecule has 154 valence electrons. The highest BCUT2D eigenvalue weighted by Gasteiger charge is 2.23. The molecule has 0 fully saturated rings. The minimum Gasteiger partial charge on any atom is -0.493 e. The van der Waals surface area contributed by atoms with Crippen molar-refractivity contribution < 1.29 is 14.2 Å². The van der Waals surface area contributed by atoms with E-state index in [9.17, 15) is 0 Å². The fourth-order valence-electron chi connectivity index (χ4n) is 2.97. The second-order valence-electron chi connectivity index (χ2n) is 9.10. The summed E-state index contributed by atoms with van der Waals surface area (Å²) in [5.41, 5.74) is 9.32. The zero-order valence-electron chi connectivity index (χ0n) is 18.4. The first-order valence-corrected chi connectivity index (χ1v) is 9.84. The fourth-order valence-corrected chi connectivity index (χ4v) is 2.97. The van der Waals surface area contributed by atoms with Gasteiger partial charge < -0.3 is 19.9 Å². The van der Waals surface area contributed by atoms with Crippen LogP contribution in [0.15, 0.2) is 36.4 Å². The minimum absolute atomic E-state index is 0.00126. The van der Waals surface area contributed by atoms with Crippen molar-refractivity contribution in [2.45, 2.75) is 58.9 Å². The van der Waals surface area contributed by atoms with Gasteiger partial charge in [-0.1, -0.05) is 59.7 Å². The maximum Gasteiger partial charge on any atom is 0.161 e. The van der Waals surface area contributed by atoms with Crippen molar-refractivity contribution in [1.29, 1.82) is 0 Å². The van der Waals surface area contributed by atoms with Crippen molar-refractivity contribution in [3.63, 3.8) is 0 Å². The zero-order chi connectivity index (χ0) is 20.9. The van der Waals surface area contributed by atoms with Crippen molar-refractivity contribution in [1.82, 2.24) is 0 Å². The Morgan fingerprint density at radius 3 is 1.89 bits per heavy atom. The molecule has 0 unspecified atom stereocenters. The number of benzene rings is 2. The van der Waals surface area contributed by atoms with Crippen molar-refractivity contribution in [3.05, 3.63) is 53.1 Å². The maximum atomic E-state index is 6.09. The molecule has 2 N–H and O–H groups in total. The van der Waals surface area contributed by atoms with Gasteiger partial charge in [0.2, 0.25) is 0 Å². The summed E-state index contributed by atoms with van der Waals surface area (Å²) >= 11 is 0. The summed E-state index contributed by atoms with van der Waals surface area (Å²) in [5, 5.41) is 0. The number of nitrogens with two attached hydrogens (primary N) is 1. The molecule has 0 aromatic heterocycles. The Morgan fingerprint density at radius 2 is 1.36 bits per heavy atom. The average Bonchev–Trinajstić information content (AvgIpc) is 2.63. The Bertz CT molecular complexity index is 785. The maximum absolute atomic E-state index is 6.09. The van der Waals surface area contributed by atoms with Crippen LogP contribution in [0.25, 0.3) is 0 Å². The predicted molar refractivity (Wildman–Crippen MR) is 116 cm³/mol. The van der Waals surface area contributed by atoms with Crippen LogP contribution in [-0.2, 0) is 17.4 Å². The van der Waals surface area contributed by atoms with E-state index in [1.165, 1.54) is 11.1 Å². The van der Waals surface area contributed by atoms with Gasteiger partial charge in [0.25, 0.3) is 0 Å². The van der Waals surface area contributed by atoms with Crippen LogP contribution < -0.4 is 19.9 Å². The van der Waals surface area contributed by atoms with Crippen LogP contribution >= 0.6 is 0 Å². The third-order valence-electron chi connectivity index (χ3n) is 4.72. The van der Waals surface area contributed by atoms with Gasteiger partial charge in [0, 0.05) is 6.54 Å². The first kappa shape index (κ1) is 22.1. The fraction of sp³-hybridized carbons (Fsp3) is 0.500. The van der Waals surface area contributed by atoms with Crippen LogP contribution in [0.2, 0.25) is 0 Å². The summed E-state index contributed by atoms with van der Waals surface area (Å²) in [5.74, 6) is 2.30. The molecule has 0 spiro atoms. The summed E-state index contributed by atoms with van der Waals surface area (Å²) in [6.45, 7) is 14.7. The van der Waals surface area contributed by atoms with Gasteiger partial charge in [-0.15, -0.1) is 0 Å². The largest absolute Gasteiger partial charge is 0.493 e. The van der Waals surface area contributed by atoms with Gasteiger partial charge in [0.1, 0.15) is 19.0 Å². The van der Waals surface area contributed by atoms with E-state index >= 15 is 0 Å². The summed E-state index contributed by atoms with van der Waals surface area (Å²) in [6, 6.07) is 12.2. The summed E-state index contributed by atoms with van der Waals surface area (Å²) in [6.07, 6.45) is 0. The third-order valence-corrected chi connectivity index (χ3v) is 4.72. The van der Waals surface area contributed by atoms with Crippen molar-refractivity contribution in [2.24, 2.45) is 5.73 Å². The molecule has 4 heteroatoms. The summed E-state index contributed by atoms with van der Waals surface area (Å²) < 4.78 is 17.3. The van der Waals surface area contributed by atoms with Crippen LogP contribution in [0.4, 0.5) is 0 Å². The molecule has 2 aromatic carbocycles. The Morgan fingerprint density at radius 1 is 0.750 bits per heavy atom.